The Bertz CT molecular complexity index is 1080. The van der Waals surface area contributed by atoms with E-state index in [1.165, 1.54) is 31.2 Å². The van der Waals surface area contributed by atoms with Gasteiger partial charge >= 0.3 is 0 Å². The normalized spacial score (nSPS) is 21.3. The van der Waals surface area contributed by atoms with Crippen molar-refractivity contribution in [2.45, 2.75) is 32.9 Å². The van der Waals surface area contributed by atoms with Crippen LogP contribution in [0.5, 0.6) is 5.75 Å². The topological polar surface area (TPSA) is 88.2 Å². The lowest BCUT2D eigenvalue weighted by Gasteiger charge is -2.35. The Morgan fingerprint density at radius 3 is 2.43 bits per heavy atom. The Balaban J connectivity index is 1.93. The SMILES string of the molecule is CO[C@H]1CN(C)C(=O)c2cc(NC(=O)c3ccc(F)cc3)ccc2OC[C@@H](C)N(C(C)=O)C[C@H]1C. The Hall–Kier alpha value is -3.46. The van der Waals surface area contributed by atoms with Crippen molar-refractivity contribution in [3.05, 3.63) is 59.4 Å². The van der Waals surface area contributed by atoms with E-state index >= 15 is 0 Å². The van der Waals surface area contributed by atoms with Gasteiger partial charge < -0.3 is 24.6 Å². The Kier molecular flexibility index (Phi) is 8.45. The molecule has 1 N–H and O–H groups in total. The third-order valence-corrected chi connectivity index (χ3v) is 6.21. The minimum Gasteiger partial charge on any atom is -0.491 e. The third-order valence-electron chi connectivity index (χ3n) is 6.21. The summed E-state index contributed by atoms with van der Waals surface area (Å²) in [7, 11) is 3.26. The van der Waals surface area contributed by atoms with Gasteiger partial charge in [0.05, 0.1) is 17.7 Å². The number of anilines is 1. The van der Waals surface area contributed by atoms with Gasteiger partial charge in [-0.2, -0.15) is 0 Å². The van der Waals surface area contributed by atoms with Crippen molar-refractivity contribution in [1.82, 2.24) is 9.80 Å². The number of fused-ring (bicyclic) bond motifs is 1. The Morgan fingerprint density at radius 2 is 1.80 bits per heavy atom. The second-order valence-corrected chi connectivity index (χ2v) is 8.94. The van der Waals surface area contributed by atoms with E-state index < -0.39 is 11.7 Å². The van der Waals surface area contributed by atoms with Crippen molar-refractivity contribution in [2.75, 3.05) is 39.2 Å². The highest BCUT2D eigenvalue weighted by atomic mass is 19.1. The van der Waals surface area contributed by atoms with Gasteiger partial charge in [0.1, 0.15) is 18.2 Å². The molecule has 2 aromatic rings. The Morgan fingerprint density at radius 1 is 1.11 bits per heavy atom. The molecule has 9 heteroatoms. The predicted octanol–water partition coefficient (Wildman–Crippen LogP) is 3.43. The van der Waals surface area contributed by atoms with Gasteiger partial charge in [0, 0.05) is 51.3 Å². The van der Waals surface area contributed by atoms with Crippen LogP contribution in [0.1, 0.15) is 41.5 Å². The van der Waals surface area contributed by atoms with Gasteiger partial charge in [-0.1, -0.05) is 6.92 Å². The molecule has 35 heavy (non-hydrogen) atoms. The standard InChI is InChI=1S/C26H32FN3O5/c1-16-13-30(18(3)31)17(2)15-35-23-11-10-21(28-25(32)19-6-8-20(27)9-7-19)12-22(23)26(33)29(4)14-24(16)34-5/h6-12,16-17,24H,13-15H2,1-5H3,(H,28,32)/t16-,17-,24+/m1/s1. The van der Waals surface area contributed by atoms with Crippen LogP contribution in [0.2, 0.25) is 0 Å². The number of carbonyl (C=O) groups excluding carboxylic acids is 3. The van der Waals surface area contributed by atoms with Crippen LogP contribution in [0.15, 0.2) is 42.5 Å². The molecular weight excluding hydrogens is 453 g/mol. The molecule has 0 saturated heterocycles. The average molecular weight is 486 g/mol. The van der Waals surface area contributed by atoms with Crippen molar-refractivity contribution in [1.29, 1.82) is 0 Å². The second kappa shape index (κ2) is 11.3. The maximum absolute atomic E-state index is 13.4. The predicted molar refractivity (Wildman–Crippen MR) is 130 cm³/mol. The quantitative estimate of drug-likeness (QED) is 0.720. The van der Waals surface area contributed by atoms with Crippen LogP contribution in [0.3, 0.4) is 0 Å². The van der Waals surface area contributed by atoms with Gasteiger partial charge in [-0.25, -0.2) is 4.39 Å². The number of nitrogens with one attached hydrogen (secondary N) is 1. The fraction of sp³-hybridized carbons (Fsp3) is 0.423. The lowest BCUT2D eigenvalue weighted by atomic mass is 10.0. The van der Waals surface area contributed by atoms with E-state index in [2.05, 4.69) is 5.32 Å². The van der Waals surface area contributed by atoms with Gasteiger partial charge in [0.2, 0.25) is 5.91 Å². The van der Waals surface area contributed by atoms with Crippen LogP contribution in [-0.2, 0) is 9.53 Å². The summed E-state index contributed by atoms with van der Waals surface area (Å²) >= 11 is 0. The first-order chi connectivity index (χ1) is 16.6. The highest BCUT2D eigenvalue weighted by molar-refractivity contribution is 6.05. The molecule has 3 rings (SSSR count). The average Bonchev–Trinajstić information content (AvgIpc) is 2.83. The van der Waals surface area contributed by atoms with E-state index in [9.17, 15) is 18.8 Å². The summed E-state index contributed by atoms with van der Waals surface area (Å²) in [6.45, 7) is 6.38. The molecule has 0 fully saturated rings. The molecule has 0 spiro atoms. The smallest absolute Gasteiger partial charge is 0.257 e. The molecule has 188 valence electrons. The van der Waals surface area contributed by atoms with E-state index in [1.807, 2.05) is 13.8 Å². The number of likely N-dealkylation sites (N-methyl/N-ethyl adjacent to an activating group) is 1. The number of nitrogens with zero attached hydrogens (tertiary/aromatic N) is 2. The van der Waals surface area contributed by atoms with Crippen LogP contribution in [0, 0.1) is 11.7 Å². The van der Waals surface area contributed by atoms with Gasteiger partial charge in [0.15, 0.2) is 0 Å². The lowest BCUT2D eigenvalue weighted by molar-refractivity contribution is -0.133. The first-order valence-electron chi connectivity index (χ1n) is 11.5. The maximum atomic E-state index is 13.4. The molecule has 0 bridgehead atoms. The third kappa shape index (κ3) is 6.36. The first kappa shape index (κ1) is 26.2. The number of ether oxygens (including phenoxy) is 2. The van der Waals surface area contributed by atoms with Gasteiger partial charge in [0.25, 0.3) is 11.8 Å². The summed E-state index contributed by atoms with van der Waals surface area (Å²) in [5.41, 5.74) is 0.952. The van der Waals surface area contributed by atoms with Crippen LogP contribution >= 0.6 is 0 Å². The fourth-order valence-electron chi connectivity index (χ4n) is 4.10. The van der Waals surface area contributed by atoms with Gasteiger partial charge in [-0.3, -0.25) is 14.4 Å². The second-order valence-electron chi connectivity index (χ2n) is 8.94. The van der Waals surface area contributed by atoms with Gasteiger partial charge in [-0.05, 0) is 49.4 Å². The first-order valence-corrected chi connectivity index (χ1v) is 11.5. The van der Waals surface area contributed by atoms with Crippen LogP contribution in [0.4, 0.5) is 10.1 Å². The van der Waals surface area contributed by atoms with E-state index in [0.717, 1.165) is 0 Å². The van der Waals surface area contributed by atoms with Crippen molar-refractivity contribution < 1.29 is 28.2 Å². The fourth-order valence-corrected chi connectivity index (χ4v) is 4.10. The molecule has 0 aliphatic carbocycles. The maximum Gasteiger partial charge on any atom is 0.257 e. The van der Waals surface area contributed by atoms with Crippen molar-refractivity contribution >= 4 is 23.4 Å². The number of benzene rings is 2. The number of hydrogen-bond donors (Lipinski definition) is 1. The van der Waals surface area contributed by atoms with E-state index in [-0.39, 0.29) is 47.6 Å². The summed E-state index contributed by atoms with van der Waals surface area (Å²) in [6.07, 6.45) is -0.289. The van der Waals surface area contributed by atoms with Crippen LogP contribution < -0.4 is 10.1 Å². The minimum atomic E-state index is -0.437. The number of amides is 3. The zero-order chi connectivity index (χ0) is 25.7. The highest BCUT2D eigenvalue weighted by Gasteiger charge is 2.29. The van der Waals surface area contributed by atoms with Crippen molar-refractivity contribution in [3.63, 3.8) is 0 Å². The molecule has 1 heterocycles. The summed E-state index contributed by atoms with van der Waals surface area (Å²) in [5.74, 6) is -0.902. The summed E-state index contributed by atoms with van der Waals surface area (Å²) < 4.78 is 24.8. The number of halogens is 1. The van der Waals surface area contributed by atoms with Gasteiger partial charge in [-0.15, -0.1) is 0 Å². The summed E-state index contributed by atoms with van der Waals surface area (Å²) in [6, 6.07) is 9.76. The number of rotatable bonds is 3. The Labute approximate surface area is 205 Å². The molecular formula is C26H32FN3O5. The van der Waals surface area contributed by atoms with Crippen LogP contribution in [-0.4, -0.2) is 73.5 Å². The highest BCUT2D eigenvalue weighted by Crippen LogP contribution is 2.27. The largest absolute Gasteiger partial charge is 0.491 e. The molecule has 0 saturated carbocycles. The van der Waals surface area contributed by atoms with E-state index in [1.54, 1.807) is 42.2 Å². The molecule has 0 aromatic heterocycles. The zero-order valence-corrected chi connectivity index (χ0v) is 20.7. The van der Waals surface area contributed by atoms with Crippen molar-refractivity contribution in [2.24, 2.45) is 5.92 Å². The molecule has 1 aliphatic heterocycles. The summed E-state index contributed by atoms with van der Waals surface area (Å²) in [5, 5.41) is 2.74. The monoisotopic (exact) mass is 485 g/mol. The molecule has 1 aliphatic rings. The van der Waals surface area contributed by atoms with E-state index in [0.29, 0.717) is 24.5 Å². The number of methoxy groups -OCH3 is 1. The summed E-state index contributed by atoms with van der Waals surface area (Å²) in [4.78, 5) is 41.6. The van der Waals surface area contributed by atoms with Crippen LogP contribution in [0.25, 0.3) is 0 Å². The molecule has 3 atom stereocenters. The molecule has 2 aromatic carbocycles. The van der Waals surface area contributed by atoms with Crippen molar-refractivity contribution in [3.8, 4) is 5.75 Å². The lowest BCUT2D eigenvalue weighted by Crippen LogP contribution is -2.48. The molecule has 3 amide bonds. The number of hydrogen-bond acceptors (Lipinski definition) is 5. The molecule has 0 unspecified atom stereocenters. The zero-order valence-electron chi connectivity index (χ0n) is 20.7. The minimum absolute atomic E-state index is 0.0261. The molecule has 0 radical (unpaired) electrons. The van der Waals surface area contributed by atoms with E-state index in [4.69, 9.17) is 9.47 Å². The number of carbonyl (C=O) groups is 3. The molecule has 8 nitrogen and oxygen atoms in total.